The standard InChI is InChI=1S/C16H25N5O2/c1-11-19-13-5-3-4-6-14(13)21(11)12-7-8-20(10-12)15(22)9-18-16(23)17-2/h12H,3-10H2,1-2H3,(H2,17,18,23). The number of urea groups is 1. The third-order valence-corrected chi connectivity index (χ3v) is 4.85. The van der Waals surface area contributed by atoms with Crippen molar-refractivity contribution in [2.45, 2.75) is 45.1 Å². The van der Waals surface area contributed by atoms with E-state index in [0.717, 1.165) is 31.6 Å². The van der Waals surface area contributed by atoms with Crippen LogP contribution in [-0.2, 0) is 17.6 Å². The lowest BCUT2D eigenvalue weighted by Gasteiger charge is -2.21. The number of aryl methyl sites for hydroxylation is 2. The van der Waals surface area contributed by atoms with Crippen LogP contribution in [0.15, 0.2) is 0 Å². The molecule has 0 radical (unpaired) electrons. The van der Waals surface area contributed by atoms with Gasteiger partial charge in [-0.15, -0.1) is 0 Å². The zero-order valence-electron chi connectivity index (χ0n) is 13.9. The zero-order valence-corrected chi connectivity index (χ0v) is 13.9. The van der Waals surface area contributed by atoms with Crippen LogP contribution in [0.3, 0.4) is 0 Å². The summed E-state index contributed by atoms with van der Waals surface area (Å²) in [6, 6.07) is -0.0121. The quantitative estimate of drug-likeness (QED) is 0.864. The molecular weight excluding hydrogens is 294 g/mol. The summed E-state index contributed by atoms with van der Waals surface area (Å²) in [6.45, 7) is 3.56. The van der Waals surface area contributed by atoms with Gasteiger partial charge in [0.25, 0.3) is 0 Å². The summed E-state index contributed by atoms with van der Waals surface area (Å²) in [5.74, 6) is 1.04. The van der Waals surface area contributed by atoms with E-state index in [9.17, 15) is 9.59 Å². The molecule has 1 atom stereocenters. The summed E-state index contributed by atoms with van der Waals surface area (Å²) in [6.07, 6.45) is 5.58. The molecule has 1 fully saturated rings. The average Bonchev–Trinajstić information content (AvgIpc) is 3.15. The first-order chi connectivity index (χ1) is 11.1. The number of likely N-dealkylation sites (tertiary alicyclic amines) is 1. The summed E-state index contributed by atoms with van der Waals surface area (Å²) in [7, 11) is 1.54. The Bertz CT molecular complexity index is 610. The van der Waals surface area contributed by atoms with E-state index in [1.54, 1.807) is 0 Å². The number of imidazole rings is 1. The number of hydrogen-bond acceptors (Lipinski definition) is 3. The van der Waals surface area contributed by atoms with Gasteiger partial charge in [-0.2, -0.15) is 0 Å². The molecule has 1 aliphatic heterocycles. The lowest BCUT2D eigenvalue weighted by Crippen LogP contribution is -2.42. The Hall–Kier alpha value is -2.05. The number of nitrogens with zero attached hydrogens (tertiary/aromatic N) is 3. The smallest absolute Gasteiger partial charge is 0.314 e. The molecule has 3 amide bonds. The van der Waals surface area contributed by atoms with Crippen LogP contribution in [0.25, 0.3) is 0 Å². The summed E-state index contributed by atoms with van der Waals surface area (Å²) < 4.78 is 2.36. The molecule has 7 heteroatoms. The number of nitrogens with one attached hydrogen (secondary N) is 2. The molecule has 0 saturated carbocycles. The Morgan fingerprint density at radius 2 is 2.09 bits per heavy atom. The maximum Gasteiger partial charge on any atom is 0.314 e. The van der Waals surface area contributed by atoms with E-state index in [-0.39, 0.29) is 18.5 Å². The average molecular weight is 319 g/mol. The highest BCUT2D eigenvalue weighted by Gasteiger charge is 2.31. The van der Waals surface area contributed by atoms with Crippen LogP contribution in [0.2, 0.25) is 0 Å². The van der Waals surface area contributed by atoms with Crippen molar-refractivity contribution in [2.24, 2.45) is 0 Å². The highest BCUT2D eigenvalue weighted by Crippen LogP contribution is 2.30. The molecule has 0 spiro atoms. The molecule has 1 aromatic heterocycles. The predicted molar refractivity (Wildman–Crippen MR) is 86.3 cm³/mol. The van der Waals surface area contributed by atoms with Crippen molar-refractivity contribution in [3.05, 3.63) is 17.2 Å². The van der Waals surface area contributed by atoms with Crippen LogP contribution in [0.4, 0.5) is 4.79 Å². The molecule has 126 valence electrons. The van der Waals surface area contributed by atoms with Crippen LogP contribution in [-0.4, -0.2) is 53.1 Å². The number of hydrogen-bond donors (Lipinski definition) is 2. The maximum absolute atomic E-state index is 12.2. The van der Waals surface area contributed by atoms with Crippen molar-refractivity contribution in [2.75, 3.05) is 26.7 Å². The van der Waals surface area contributed by atoms with Gasteiger partial charge in [0, 0.05) is 25.8 Å². The molecule has 0 aromatic carbocycles. The second-order valence-corrected chi connectivity index (χ2v) is 6.34. The van der Waals surface area contributed by atoms with Crippen LogP contribution in [0.5, 0.6) is 0 Å². The summed E-state index contributed by atoms with van der Waals surface area (Å²) in [5.41, 5.74) is 2.62. The van der Waals surface area contributed by atoms with Crippen molar-refractivity contribution in [3.8, 4) is 0 Å². The van der Waals surface area contributed by atoms with Crippen LogP contribution < -0.4 is 10.6 Å². The Morgan fingerprint density at radius 1 is 1.30 bits per heavy atom. The van der Waals surface area contributed by atoms with Gasteiger partial charge >= 0.3 is 6.03 Å². The molecule has 1 saturated heterocycles. The van der Waals surface area contributed by atoms with E-state index in [4.69, 9.17) is 4.98 Å². The number of carbonyl (C=O) groups is 2. The first-order valence-electron chi connectivity index (χ1n) is 8.40. The van der Waals surface area contributed by atoms with Gasteiger partial charge < -0.3 is 20.1 Å². The number of fused-ring (bicyclic) bond motifs is 1. The lowest BCUT2D eigenvalue weighted by molar-refractivity contribution is -0.129. The van der Waals surface area contributed by atoms with Crippen molar-refractivity contribution in [3.63, 3.8) is 0 Å². The fourth-order valence-corrected chi connectivity index (χ4v) is 3.72. The molecule has 1 unspecified atom stereocenters. The normalized spacial score (nSPS) is 20.3. The Balaban J connectivity index is 1.65. The van der Waals surface area contributed by atoms with Crippen molar-refractivity contribution >= 4 is 11.9 Å². The number of carbonyl (C=O) groups excluding carboxylic acids is 2. The largest absolute Gasteiger partial charge is 0.341 e. The highest BCUT2D eigenvalue weighted by molar-refractivity contribution is 5.84. The molecular formula is C16H25N5O2. The Kier molecular flexibility index (Phi) is 4.54. The van der Waals surface area contributed by atoms with E-state index >= 15 is 0 Å². The van der Waals surface area contributed by atoms with E-state index in [0.29, 0.717) is 12.6 Å². The van der Waals surface area contributed by atoms with E-state index < -0.39 is 0 Å². The fraction of sp³-hybridized carbons (Fsp3) is 0.688. The summed E-state index contributed by atoms with van der Waals surface area (Å²) >= 11 is 0. The molecule has 1 aromatic rings. The second kappa shape index (κ2) is 6.60. The first kappa shape index (κ1) is 15.8. The van der Waals surface area contributed by atoms with Gasteiger partial charge in [0.15, 0.2) is 0 Å². The van der Waals surface area contributed by atoms with Crippen LogP contribution in [0, 0.1) is 6.92 Å². The Morgan fingerprint density at radius 3 is 2.87 bits per heavy atom. The highest BCUT2D eigenvalue weighted by atomic mass is 16.2. The summed E-state index contributed by atoms with van der Waals surface area (Å²) in [4.78, 5) is 30.0. The van der Waals surface area contributed by atoms with Gasteiger partial charge in [0.2, 0.25) is 5.91 Å². The lowest BCUT2D eigenvalue weighted by atomic mass is 10.0. The van der Waals surface area contributed by atoms with Gasteiger partial charge in [-0.3, -0.25) is 4.79 Å². The molecule has 7 nitrogen and oxygen atoms in total. The molecule has 3 rings (SSSR count). The monoisotopic (exact) mass is 319 g/mol. The topological polar surface area (TPSA) is 79.3 Å². The van der Waals surface area contributed by atoms with Gasteiger partial charge in [0.05, 0.1) is 18.3 Å². The van der Waals surface area contributed by atoms with Gasteiger partial charge in [0.1, 0.15) is 5.82 Å². The zero-order chi connectivity index (χ0) is 16.4. The number of amides is 3. The van der Waals surface area contributed by atoms with Gasteiger partial charge in [-0.1, -0.05) is 0 Å². The second-order valence-electron chi connectivity index (χ2n) is 6.34. The first-order valence-corrected chi connectivity index (χ1v) is 8.40. The SMILES string of the molecule is CNC(=O)NCC(=O)N1CCC(n2c(C)nc3c2CCCC3)C1. The molecule has 2 N–H and O–H groups in total. The molecule has 0 bridgehead atoms. The fourth-order valence-electron chi connectivity index (χ4n) is 3.72. The maximum atomic E-state index is 12.2. The van der Waals surface area contributed by atoms with E-state index in [1.807, 2.05) is 4.90 Å². The number of rotatable bonds is 3. The molecule has 2 aliphatic rings. The summed E-state index contributed by atoms with van der Waals surface area (Å²) in [5, 5.41) is 5.01. The molecule has 1 aliphatic carbocycles. The van der Waals surface area contributed by atoms with Gasteiger partial charge in [-0.05, 0) is 39.0 Å². The third kappa shape index (κ3) is 3.18. The number of aromatic nitrogens is 2. The van der Waals surface area contributed by atoms with E-state index in [1.165, 1.54) is 31.3 Å². The molecule has 2 heterocycles. The van der Waals surface area contributed by atoms with Crippen molar-refractivity contribution in [1.29, 1.82) is 0 Å². The minimum atomic E-state index is -0.325. The minimum Gasteiger partial charge on any atom is -0.341 e. The van der Waals surface area contributed by atoms with Gasteiger partial charge in [-0.25, -0.2) is 9.78 Å². The van der Waals surface area contributed by atoms with Crippen molar-refractivity contribution < 1.29 is 9.59 Å². The molecule has 23 heavy (non-hydrogen) atoms. The van der Waals surface area contributed by atoms with Crippen molar-refractivity contribution in [1.82, 2.24) is 25.1 Å². The van der Waals surface area contributed by atoms with Crippen LogP contribution >= 0.6 is 0 Å². The minimum absolute atomic E-state index is 0.0252. The predicted octanol–water partition coefficient (Wildman–Crippen LogP) is 0.773. The Labute approximate surface area is 136 Å². The van der Waals surface area contributed by atoms with E-state index in [2.05, 4.69) is 22.1 Å². The third-order valence-electron chi connectivity index (χ3n) is 4.85. The van der Waals surface area contributed by atoms with Crippen LogP contribution in [0.1, 0.15) is 42.5 Å².